The summed E-state index contributed by atoms with van der Waals surface area (Å²) in [5, 5.41) is 8.60. The third-order valence-corrected chi connectivity index (χ3v) is 2.39. The summed E-state index contributed by atoms with van der Waals surface area (Å²) >= 11 is 0. The maximum absolute atomic E-state index is 13.4. The van der Waals surface area contributed by atoms with Gasteiger partial charge >= 0.3 is 0 Å². The molecular formula is C14H16F3NO. The summed E-state index contributed by atoms with van der Waals surface area (Å²) in [6.07, 6.45) is -2.12. The minimum absolute atomic E-state index is 0.0779. The van der Waals surface area contributed by atoms with Crippen LogP contribution in [0, 0.1) is 17.7 Å². The fraction of sp³-hybridized carbons (Fsp3) is 0.429. The van der Waals surface area contributed by atoms with Gasteiger partial charge < -0.3 is 5.11 Å². The first-order valence-corrected chi connectivity index (χ1v) is 5.87. The van der Waals surface area contributed by atoms with Crippen molar-refractivity contribution in [1.82, 2.24) is 4.90 Å². The smallest absolute Gasteiger partial charge is 0.251 e. The predicted octanol–water partition coefficient (Wildman–Crippen LogP) is 2.26. The van der Waals surface area contributed by atoms with E-state index < -0.39 is 12.2 Å². The lowest BCUT2D eigenvalue weighted by atomic mass is 10.1. The number of aliphatic hydroxyl groups excluding tert-OH is 1. The quantitative estimate of drug-likeness (QED) is 0.830. The Bertz CT molecular complexity index is 465. The molecule has 0 radical (unpaired) electrons. The Kier molecular flexibility index (Phi) is 6.40. The molecule has 2 nitrogen and oxygen atoms in total. The molecule has 104 valence electrons. The Morgan fingerprint density at radius 3 is 2.74 bits per heavy atom. The van der Waals surface area contributed by atoms with Gasteiger partial charge in [-0.2, -0.15) is 0 Å². The number of hydrogen-bond acceptors (Lipinski definition) is 2. The fourth-order valence-electron chi connectivity index (χ4n) is 1.59. The van der Waals surface area contributed by atoms with Crippen LogP contribution in [0.25, 0.3) is 0 Å². The lowest BCUT2D eigenvalue weighted by Crippen LogP contribution is -2.24. The van der Waals surface area contributed by atoms with E-state index >= 15 is 0 Å². The number of halogens is 3. The number of aliphatic hydroxyl groups is 1. The SMILES string of the molecule is CN(Cc1ccc(F)c(C#CCCO)c1)CC(F)F. The standard InChI is InChI=1S/C14H16F3NO/c1-18(10-14(16)17)9-11-5-6-13(15)12(8-11)4-2-3-7-19/h5-6,8,14,19H,3,7,9-10H2,1H3. The summed E-state index contributed by atoms with van der Waals surface area (Å²) in [7, 11) is 1.58. The lowest BCUT2D eigenvalue weighted by Gasteiger charge is -2.16. The third-order valence-electron chi connectivity index (χ3n) is 2.39. The molecule has 1 aromatic carbocycles. The normalized spacial score (nSPS) is 10.7. The van der Waals surface area contributed by atoms with Crippen molar-refractivity contribution in [3.05, 3.63) is 35.1 Å². The highest BCUT2D eigenvalue weighted by Crippen LogP contribution is 2.12. The van der Waals surface area contributed by atoms with Crippen LogP contribution in [0.4, 0.5) is 13.2 Å². The molecular weight excluding hydrogens is 255 g/mol. The van der Waals surface area contributed by atoms with E-state index in [-0.39, 0.29) is 25.1 Å². The van der Waals surface area contributed by atoms with Crippen LogP contribution in [-0.4, -0.2) is 36.6 Å². The number of nitrogens with zero attached hydrogens (tertiary/aromatic N) is 1. The molecule has 0 unspecified atom stereocenters. The van der Waals surface area contributed by atoms with Crippen LogP contribution in [0.1, 0.15) is 17.5 Å². The van der Waals surface area contributed by atoms with E-state index in [2.05, 4.69) is 11.8 Å². The minimum atomic E-state index is -2.39. The van der Waals surface area contributed by atoms with Crippen LogP contribution in [0.3, 0.4) is 0 Å². The molecule has 0 aliphatic carbocycles. The average molecular weight is 271 g/mol. The summed E-state index contributed by atoms with van der Waals surface area (Å²) in [6, 6.07) is 4.37. The largest absolute Gasteiger partial charge is 0.395 e. The molecule has 0 saturated carbocycles. The highest BCUT2D eigenvalue weighted by Gasteiger charge is 2.09. The number of rotatable bonds is 5. The first kappa shape index (κ1) is 15.5. The van der Waals surface area contributed by atoms with Gasteiger partial charge in [0, 0.05) is 13.0 Å². The van der Waals surface area contributed by atoms with Crippen molar-refractivity contribution >= 4 is 0 Å². The highest BCUT2D eigenvalue weighted by molar-refractivity contribution is 5.38. The molecule has 0 aromatic heterocycles. The molecule has 0 bridgehead atoms. The minimum Gasteiger partial charge on any atom is -0.395 e. The van der Waals surface area contributed by atoms with Crippen molar-refractivity contribution in [1.29, 1.82) is 0 Å². The van der Waals surface area contributed by atoms with Crippen LogP contribution >= 0.6 is 0 Å². The second-order valence-electron chi connectivity index (χ2n) is 4.18. The van der Waals surface area contributed by atoms with Crippen LogP contribution in [-0.2, 0) is 6.54 Å². The molecule has 0 spiro atoms. The lowest BCUT2D eigenvalue weighted by molar-refractivity contribution is 0.0975. The molecule has 0 amide bonds. The Labute approximate surface area is 110 Å². The molecule has 5 heteroatoms. The van der Waals surface area contributed by atoms with Gasteiger partial charge in [-0.1, -0.05) is 17.9 Å². The topological polar surface area (TPSA) is 23.5 Å². The van der Waals surface area contributed by atoms with Crippen LogP contribution in [0.5, 0.6) is 0 Å². The zero-order valence-corrected chi connectivity index (χ0v) is 10.7. The summed E-state index contributed by atoms with van der Waals surface area (Å²) in [5.74, 6) is 4.79. The summed E-state index contributed by atoms with van der Waals surface area (Å²) in [5.41, 5.74) is 0.939. The second-order valence-corrected chi connectivity index (χ2v) is 4.18. The summed E-state index contributed by atoms with van der Waals surface area (Å²) in [4.78, 5) is 1.46. The summed E-state index contributed by atoms with van der Waals surface area (Å²) in [6.45, 7) is -0.104. The molecule has 0 atom stereocenters. The monoisotopic (exact) mass is 271 g/mol. The van der Waals surface area contributed by atoms with Crippen molar-refractivity contribution < 1.29 is 18.3 Å². The van der Waals surface area contributed by atoms with Crippen molar-refractivity contribution in [3.8, 4) is 11.8 Å². The molecule has 0 aliphatic rings. The molecule has 0 fully saturated rings. The van der Waals surface area contributed by atoms with E-state index in [1.165, 1.54) is 11.0 Å². The molecule has 1 N–H and O–H groups in total. The van der Waals surface area contributed by atoms with Gasteiger partial charge in [0.1, 0.15) is 5.82 Å². The summed E-state index contributed by atoms with van der Waals surface area (Å²) < 4.78 is 37.8. The van der Waals surface area contributed by atoms with Gasteiger partial charge in [0.25, 0.3) is 6.43 Å². The zero-order chi connectivity index (χ0) is 14.3. The van der Waals surface area contributed by atoms with Crippen LogP contribution < -0.4 is 0 Å². The van der Waals surface area contributed by atoms with Gasteiger partial charge in [-0.05, 0) is 24.7 Å². The molecule has 19 heavy (non-hydrogen) atoms. The first-order chi connectivity index (χ1) is 9.02. The van der Waals surface area contributed by atoms with Crippen LogP contribution in [0.15, 0.2) is 18.2 Å². The molecule has 1 rings (SSSR count). The van der Waals surface area contributed by atoms with Crippen molar-refractivity contribution in [3.63, 3.8) is 0 Å². The van der Waals surface area contributed by atoms with Crippen molar-refractivity contribution in [2.75, 3.05) is 20.2 Å². The van der Waals surface area contributed by atoms with E-state index in [9.17, 15) is 13.2 Å². The third kappa shape index (κ3) is 5.77. The van der Waals surface area contributed by atoms with E-state index in [1.54, 1.807) is 19.2 Å². The van der Waals surface area contributed by atoms with Gasteiger partial charge in [0.2, 0.25) is 0 Å². The first-order valence-electron chi connectivity index (χ1n) is 5.87. The number of benzene rings is 1. The highest BCUT2D eigenvalue weighted by atomic mass is 19.3. The van der Waals surface area contributed by atoms with E-state index in [0.717, 1.165) is 5.56 Å². The predicted molar refractivity (Wildman–Crippen MR) is 67.3 cm³/mol. The molecule has 0 aliphatic heterocycles. The average Bonchev–Trinajstić information content (AvgIpc) is 2.32. The number of alkyl halides is 2. The Morgan fingerprint density at radius 1 is 1.37 bits per heavy atom. The van der Waals surface area contributed by atoms with E-state index in [0.29, 0.717) is 6.54 Å². The van der Waals surface area contributed by atoms with Gasteiger partial charge in [-0.15, -0.1) is 0 Å². The number of hydrogen-bond donors (Lipinski definition) is 1. The molecule has 0 heterocycles. The molecule has 0 saturated heterocycles. The van der Waals surface area contributed by atoms with Gasteiger partial charge in [0.05, 0.1) is 18.7 Å². The second kappa shape index (κ2) is 7.82. The van der Waals surface area contributed by atoms with Crippen molar-refractivity contribution in [2.24, 2.45) is 0 Å². The van der Waals surface area contributed by atoms with E-state index in [1.807, 2.05) is 0 Å². The van der Waals surface area contributed by atoms with Crippen LogP contribution in [0.2, 0.25) is 0 Å². The maximum Gasteiger partial charge on any atom is 0.251 e. The Hall–Kier alpha value is -1.51. The Morgan fingerprint density at radius 2 is 2.11 bits per heavy atom. The van der Waals surface area contributed by atoms with Gasteiger partial charge in [0.15, 0.2) is 0 Å². The van der Waals surface area contributed by atoms with E-state index in [4.69, 9.17) is 5.11 Å². The fourth-order valence-corrected chi connectivity index (χ4v) is 1.59. The van der Waals surface area contributed by atoms with Gasteiger partial charge in [-0.25, -0.2) is 13.2 Å². The van der Waals surface area contributed by atoms with Crippen molar-refractivity contribution in [2.45, 2.75) is 19.4 Å². The Balaban J connectivity index is 2.76. The zero-order valence-electron chi connectivity index (χ0n) is 10.7. The van der Waals surface area contributed by atoms with Gasteiger partial charge in [-0.3, -0.25) is 4.90 Å². The molecule has 1 aromatic rings. The maximum atomic E-state index is 13.4.